The Balaban J connectivity index is 2.41. The Morgan fingerprint density at radius 1 is 1.29 bits per heavy atom. The summed E-state index contributed by atoms with van der Waals surface area (Å²) in [6, 6.07) is 4.95. The monoisotopic (exact) mass is 298 g/mol. The average Bonchev–Trinajstić information content (AvgIpc) is 2.45. The fraction of sp³-hybridized carbons (Fsp3) is 0.333. The Bertz CT molecular complexity index is 505. The summed E-state index contributed by atoms with van der Waals surface area (Å²) < 4.78 is 37.1. The number of alkyl halides is 3. The number of nitrogens with zero attached hydrogens (tertiary/aromatic N) is 1. The third-order valence-corrected chi connectivity index (χ3v) is 2.63. The number of carbonyl (C=O) groups is 1. The van der Waals surface area contributed by atoms with E-state index >= 15 is 0 Å². The van der Waals surface area contributed by atoms with Crippen LogP contribution in [0, 0.1) is 0 Å². The van der Waals surface area contributed by atoms with Crippen LogP contribution in [-0.2, 0) is 17.5 Å². The van der Waals surface area contributed by atoms with Crippen molar-refractivity contribution in [3.63, 3.8) is 0 Å². The zero-order valence-electron chi connectivity index (χ0n) is 11.7. The number of halogens is 3. The van der Waals surface area contributed by atoms with Gasteiger partial charge in [0.1, 0.15) is 0 Å². The summed E-state index contributed by atoms with van der Waals surface area (Å²) in [5, 5.41) is 2.96. The lowest BCUT2D eigenvalue weighted by atomic mass is 10.1. The van der Waals surface area contributed by atoms with E-state index in [1.165, 1.54) is 18.3 Å². The smallest absolute Gasteiger partial charge is 0.298 e. The molecule has 0 amide bonds. The van der Waals surface area contributed by atoms with Crippen LogP contribution in [0.1, 0.15) is 24.5 Å². The number of aliphatic imine (C=N–C) groups is 1. The highest BCUT2D eigenvalue weighted by Gasteiger charge is 2.29. The van der Waals surface area contributed by atoms with Gasteiger partial charge in [-0.15, -0.1) is 0 Å². The quantitative estimate of drug-likeness (QED) is 0.363. The molecule has 0 heterocycles. The number of allylic oxidation sites excluding steroid dienone is 2. The lowest BCUT2D eigenvalue weighted by Gasteiger charge is -2.07. The van der Waals surface area contributed by atoms with Gasteiger partial charge in [-0.3, -0.25) is 15.1 Å². The SMILES string of the molecule is CC/C=C(/C=O)C=NCNCc1ccc(C(F)(F)F)cc1. The van der Waals surface area contributed by atoms with E-state index in [9.17, 15) is 18.0 Å². The van der Waals surface area contributed by atoms with Crippen LogP contribution in [0.3, 0.4) is 0 Å². The number of benzene rings is 1. The second-order valence-corrected chi connectivity index (χ2v) is 4.32. The maximum atomic E-state index is 12.4. The molecule has 21 heavy (non-hydrogen) atoms. The minimum Gasteiger partial charge on any atom is -0.298 e. The number of carbonyl (C=O) groups excluding carboxylic acids is 1. The molecule has 0 atom stereocenters. The summed E-state index contributed by atoms with van der Waals surface area (Å²) in [5.74, 6) is 0. The van der Waals surface area contributed by atoms with Crippen LogP contribution in [-0.4, -0.2) is 19.2 Å². The second kappa shape index (κ2) is 8.36. The van der Waals surface area contributed by atoms with E-state index in [-0.39, 0.29) is 6.67 Å². The molecule has 0 radical (unpaired) electrons. The molecule has 0 bridgehead atoms. The first-order valence-corrected chi connectivity index (χ1v) is 6.49. The molecule has 0 spiro atoms. The Morgan fingerprint density at radius 3 is 2.48 bits per heavy atom. The fourth-order valence-corrected chi connectivity index (χ4v) is 1.59. The summed E-state index contributed by atoms with van der Waals surface area (Å²) in [5.41, 5.74) is 0.580. The summed E-state index contributed by atoms with van der Waals surface area (Å²) >= 11 is 0. The van der Waals surface area contributed by atoms with Gasteiger partial charge in [-0.05, 0) is 24.1 Å². The van der Waals surface area contributed by atoms with Crippen molar-refractivity contribution in [1.29, 1.82) is 0 Å². The maximum Gasteiger partial charge on any atom is 0.416 e. The van der Waals surface area contributed by atoms with Gasteiger partial charge in [0, 0.05) is 18.3 Å². The zero-order valence-corrected chi connectivity index (χ0v) is 11.7. The largest absolute Gasteiger partial charge is 0.416 e. The van der Waals surface area contributed by atoms with Gasteiger partial charge < -0.3 is 0 Å². The molecule has 3 nitrogen and oxygen atoms in total. The van der Waals surface area contributed by atoms with Gasteiger partial charge >= 0.3 is 6.18 Å². The van der Waals surface area contributed by atoms with E-state index in [1.54, 1.807) is 6.08 Å². The van der Waals surface area contributed by atoms with Gasteiger partial charge in [-0.25, -0.2) is 0 Å². The van der Waals surface area contributed by atoms with E-state index in [4.69, 9.17) is 0 Å². The molecule has 0 saturated heterocycles. The first-order valence-electron chi connectivity index (χ1n) is 6.49. The van der Waals surface area contributed by atoms with Gasteiger partial charge in [0.05, 0.1) is 12.2 Å². The Kier molecular flexibility index (Phi) is 6.81. The summed E-state index contributed by atoms with van der Waals surface area (Å²) in [6.07, 6.45) is 0.387. The normalized spacial score (nSPS) is 12.9. The number of hydrogen-bond donors (Lipinski definition) is 1. The molecule has 0 aliphatic rings. The zero-order chi connectivity index (χ0) is 15.7. The molecule has 1 aromatic rings. The number of aldehydes is 1. The van der Waals surface area contributed by atoms with E-state index in [0.717, 1.165) is 30.4 Å². The summed E-state index contributed by atoms with van der Waals surface area (Å²) in [4.78, 5) is 14.6. The Labute approximate surface area is 121 Å². The first kappa shape index (κ1) is 17.1. The van der Waals surface area contributed by atoms with Crippen LogP contribution in [0.4, 0.5) is 13.2 Å². The molecule has 0 aliphatic carbocycles. The fourth-order valence-electron chi connectivity index (χ4n) is 1.59. The predicted molar refractivity (Wildman–Crippen MR) is 76.1 cm³/mol. The van der Waals surface area contributed by atoms with E-state index in [0.29, 0.717) is 12.1 Å². The van der Waals surface area contributed by atoms with Crippen LogP contribution in [0.2, 0.25) is 0 Å². The maximum absolute atomic E-state index is 12.4. The molecule has 1 rings (SSSR count). The van der Waals surface area contributed by atoms with Crippen molar-refractivity contribution < 1.29 is 18.0 Å². The van der Waals surface area contributed by atoms with Gasteiger partial charge in [0.15, 0.2) is 6.29 Å². The molecule has 1 aromatic carbocycles. The van der Waals surface area contributed by atoms with Gasteiger partial charge in [0.25, 0.3) is 0 Å². The highest BCUT2D eigenvalue weighted by Crippen LogP contribution is 2.28. The topological polar surface area (TPSA) is 41.5 Å². The van der Waals surface area contributed by atoms with Crippen molar-refractivity contribution in [2.24, 2.45) is 4.99 Å². The summed E-state index contributed by atoms with van der Waals surface area (Å²) in [7, 11) is 0. The molecule has 0 fully saturated rings. The molecular weight excluding hydrogens is 281 g/mol. The van der Waals surface area contributed by atoms with E-state index < -0.39 is 11.7 Å². The Morgan fingerprint density at radius 2 is 1.95 bits per heavy atom. The van der Waals surface area contributed by atoms with E-state index in [1.807, 2.05) is 6.92 Å². The summed E-state index contributed by atoms with van der Waals surface area (Å²) in [6.45, 7) is 2.61. The van der Waals surface area contributed by atoms with Crippen molar-refractivity contribution >= 4 is 12.5 Å². The van der Waals surface area contributed by atoms with Crippen LogP contribution in [0.5, 0.6) is 0 Å². The van der Waals surface area contributed by atoms with Crippen LogP contribution in [0.15, 0.2) is 40.9 Å². The number of hydrogen-bond acceptors (Lipinski definition) is 3. The van der Waals surface area contributed by atoms with Crippen molar-refractivity contribution in [3.8, 4) is 0 Å². The third-order valence-electron chi connectivity index (χ3n) is 2.63. The van der Waals surface area contributed by atoms with E-state index in [2.05, 4.69) is 10.3 Å². The predicted octanol–water partition coefficient (Wildman–Crippen LogP) is 3.36. The lowest BCUT2D eigenvalue weighted by Crippen LogP contribution is -2.13. The molecule has 114 valence electrons. The standard InChI is InChI=1S/C15H17F3N2O/c1-2-3-13(10-21)9-20-11-19-8-12-4-6-14(7-5-12)15(16,17)18/h3-7,9-10,19H,2,8,11H2,1H3/b13-3+,20-9?. The highest BCUT2D eigenvalue weighted by atomic mass is 19.4. The molecule has 6 heteroatoms. The molecule has 1 N–H and O–H groups in total. The molecule has 0 aliphatic heterocycles. The number of rotatable bonds is 7. The van der Waals surface area contributed by atoms with Crippen molar-refractivity contribution in [2.45, 2.75) is 26.1 Å². The Hall–Kier alpha value is -1.95. The molecule has 0 saturated carbocycles. The second-order valence-electron chi connectivity index (χ2n) is 4.32. The minimum atomic E-state index is -4.31. The van der Waals surface area contributed by atoms with Gasteiger partial charge in [-0.2, -0.15) is 13.2 Å². The molecule has 0 unspecified atom stereocenters. The lowest BCUT2D eigenvalue weighted by molar-refractivity contribution is -0.137. The minimum absolute atomic E-state index is 0.288. The average molecular weight is 298 g/mol. The van der Waals surface area contributed by atoms with Crippen LogP contribution < -0.4 is 5.32 Å². The van der Waals surface area contributed by atoms with Crippen LogP contribution >= 0.6 is 0 Å². The van der Waals surface area contributed by atoms with Crippen molar-refractivity contribution in [2.75, 3.05) is 6.67 Å². The molecular formula is C15H17F3N2O. The number of nitrogens with one attached hydrogen (secondary N) is 1. The van der Waals surface area contributed by atoms with Crippen molar-refractivity contribution in [3.05, 3.63) is 47.0 Å². The van der Waals surface area contributed by atoms with Gasteiger partial charge in [-0.1, -0.05) is 25.1 Å². The highest BCUT2D eigenvalue weighted by molar-refractivity contribution is 6.01. The first-order chi connectivity index (χ1) is 9.97. The molecule has 0 aromatic heterocycles. The third kappa shape index (κ3) is 6.35. The van der Waals surface area contributed by atoms with Crippen molar-refractivity contribution in [1.82, 2.24) is 5.32 Å². The van der Waals surface area contributed by atoms with Gasteiger partial charge in [0.2, 0.25) is 0 Å². The van der Waals surface area contributed by atoms with Crippen LogP contribution in [0.25, 0.3) is 0 Å².